The van der Waals surface area contributed by atoms with E-state index in [0.717, 1.165) is 17.3 Å². The molecular formula is C13H19N5O. The Morgan fingerprint density at radius 1 is 1.37 bits per heavy atom. The van der Waals surface area contributed by atoms with Gasteiger partial charge in [0.15, 0.2) is 0 Å². The molecule has 6 nitrogen and oxygen atoms in total. The molecule has 2 aromatic heterocycles. The van der Waals surface area contributed by atoms with Gasteiger partial charge in [-0.05, 0) is 12.1 Å². The van der Waals surface area contributed by atoms with Gasteiger partial charge in [-0.1, -0.05) is 0 Å². The topological polar surface area (TPSA) is 55.2 Å². The standard InChI is InChI=1S/C13H19N5O/c1-17(2)13-16-9-10(18(13)3)8-15-11-6-5-7-14-12(11)19-4/h5-7,9,15H,8H2,1-4H3. The molecule has 0 aliphatic rings. The number of ether oxygens (including phenoxy) is 1. The Bertz CT molecular complexity index is 550. The van der Waals surface area contributed by atoms with Crippen LogP contribution in [0.1, 0.15) is 5.69 Å². The first-order valence-electron chi connectivity index (χ1n) is 6.04. The summed E-state index contributed by atoms with van der Waals surface area (Å²) in [7, 11) is 7.56. The van der Waals surface area contributed by atoms with Gasteiger partial charge in [0, 0.05) is 27.3 Å². The summed E-state index contributed by atoms with van der Waals surface area (Å²) in [5.74, 6) is 1.52. The van der Waals surface area contributed by atoms with Crippen molar-refractivity contribution in [1.29, 1.82) is 0 Å². The van der Waals surface area contributed by atoms with Crippen LogP contribution in [0.25, 0.3) is 0 Å². The maximum Gasteiger partial charge on any atom is 0.237 e. The number of pyridine rings is 1. The molecule has 0 aliphatic carbocycles. The van der Waals surface area contributed by atoms with Crippen LogP contribution in [0.4, 0.5) is 11.6 Å². The first-order chi connectivity index (χ1) is 9.13. The number of hydrogen-bond acceptors (Lipinski definition) is 5. The minimum atomic E-state index is 0.595. The molecule has 2 heterocycles. The third-order valence-corrected chi connectivity index (χ3v) is 2.88. The highest BCUT2D eigenvalue weighted by molar-refractivity contribution is 5.52. The van der Waals surface area contributed by atoms with Gasteiger partial charge in [-0.25, -0.2) is 9.97 Å². The van der Waals surface area contributed by atoms with Gasteiger partial charge in [-0.3, -0.25) is 0 Å². The van der Waals surface area contributed by atoms with Crippen molar-refractivity contribution >= 4 is 11.6 Å². The van der Waals surface area contributed by atoms with Gasteiger partial charge in [-0.15, -0.1) is 0 Å². The zero-order valence-electron chi connectivity index (χ0n) is 11.7. The molecule has 2 rings (SSSR count). The van der Waals surface area contributed by atoms with Gasteiger partial charge in [-0.2, -0.15) is 0 Å². The molecule has 0 radical (unpaired) electrons. The van der Waals surface area contributed by atoms with Crippen molar-refractivity contribution in [2.24, 2.45) is 7.05 Å². The van der Waals surface area contributed by atoms with Crippen molar-refractivity contribution < 1.29 is 4.74 Å². The van der Waals surface area contributed by atoms with Crippen LogP contribution in [0.3, 0.4) is 0 Å². The highest BCUT2D eigenvalue weighted by Crippen LogP contribution is 2.21. The van der Waals surface area contributed by atoms with Gasteiger partial charge < -0.3 is 19.5 Å². The van der Waals surface area contributed by atoms with Gasteiger partial charge in [0.05, 0.1) is 31.2 Å². The summed E-state index contributed by atoms with van der Waals surface area (Å²) in [5.41, 5.74) is 1.97. The fraction of sp³-hybridized carbons (Fsp3) is 0.385. The molecule has 0 fully saturated rings. The van der Waals surface area contributed by atoms with Gasteiger partial charge in [0.2, 0.25) is 11.8 Å². The molecule has 2 aromatic rings. The van der Waals surface area contributed by atoms with Crippen LogP contribution in [-0.2, 0) is 13.6 Å². The fourth-order valence-electron chi connectivity index (χ4n) is 1.89. The second kappa shape index (κ2) is 5.60. The maximum absolute atomic E-state index is 5.20. The third kappa shape index (κ3) is 2.78. The highest BCUT2D eigenvalue weighted by Gasteiger charge is 2.09. The van der Waals surface area contributed by atoms with Crippen molar-refractivity contribution in [1.82, 2.24) is 14.5 Å². The van der Waals surface area contributed by atoms with E-state index in [1.165, 1.54) is 0 Å². The smallest absolute Gasteiger partial charge is 0.237 e. The molecule has 0 aliphatic heterocycles. The molecule has 1 N–H and O–H groups in total. The maximum atomic E-state index is 5.20. The molecule has 0 spiro atoms. The molecule has 0 amide bonds. The quantitative estimate of drug-likeness (QED) is 0.884. The van der Waals surface area contributed by atoms with Crippen LogP contribution in [-0.4, -0.2) is 35.7 Å². The van der Waals surface area contributed by atoms with E-state index >= 15 is 0 Å². The molecule has 0 saturated carbocycles. The number of nitrogens with one attached hydrogen (secondary N) is 1. The molecule has 19 heavy (non-hydrogen) atoms. The fourth-order valence-corrected chi connectivity index (χ4v) is 1.89. The monoisotopic (exact) mass is 261 g/mol. The van der Waals surface area contributed by atoms with Crippen LogP contribution < -0.4 is 15.0 Å². The molecular weight excluding hydrogens is 242 g/mol. The minimum Gasteiger partial charge on any atom is -0.480 e. The SMILES string of the molecule is COc1ncccc1NCc1cnc(N(C)C)n1C. The van der Waals surface area contributed by atoms with Crippen molar-refractivity contribution in [2.75, 3.05) is 31.4 Å². The summed E-state index contributed by atoms with van der Waals surface area (Å²) >= 11 is 0. The normalized spacial score (nSPS) is 10.3. The third-order valence-electron chi connectivity index (χ3n) is 2.88. The zero-order valence-corrected chi connectivity index (χ0v) is 11.7. The summed E-state index contributed by atoms with van der Waals surface area (Å²) in [6, 6.07) is 3.81. The Morgan fingerprint density at radius 2 is 2.16 bits per heavy atom. The lowest BCUT2D eigenvalue weighted by Gasteiger charge is -2.13. The van der Waals surface area contributed by atoms with E-state index in [1.54, 1.807) is 13.3 Å². The molecule has 6 heteroatoms. The largest absolute Gasteiger partial charge is 0.480 e. The number of methoxy groups -OCH3 is 1. The first kappa shape index (κ1) is 13.2. The number of anilines is 2. The lowest BCUT2D eigenvalue weighted by molar-refractivity contribution is 0.399. The summed E-state index contributed by atoms with van der Waals surface area (Å²) in [6.45, 7) is 0.666. The van der Waals surface area contributed by atoms with Gasteiger partial charge in [0.1, 0.15) is 0 Å². The van der Waals surface area contributed by atoms with E-state index in [4.69, 9.17) is 4.74 Å². The number of nitrogens with zero attached hydrogens (tertiary/aromatic N) is 4. The minimum absolute atomic E-state index is 0.595. The van der Waals surface area contributed by atoms with Gasteiger partial charge >= 0.3 is 0 Å². The number of rotatable bonds is 5. The number of imidazole rings is 1. The summed E-state index contributed by atoms with van der Waals surface area (Å²) in [4.78, 5) is 10.5. The zero-order chi connectivity index (χ0) is 13.8. The Hall–Kier alpha value is -2.24. The van der Waals surface area contributed by atoms with Crippen molar-refractivity contribution in [3.8, 4) is 5.88 Å². The molecule has 0 bridgehead atoms. The summed E-state index contributed by atoms with van der Waals surface area (Å²) in [5, 5.41) is 3.31. The Balaban J connectivity index is 2.10. The Kier molecular flexibility index (Phi) is 3.89. The van der Waals surface area contributed by atoms with E-state index in [2.05, 4.69) is 19.9 Å². The molecule has 0 aromatic carbocycles. The second-order valence-corrected chi connectivity index (χ2v) is 4.42. The average molecular weight is 261 g/mol. The Morgan fingerprint density at radius 3 is 2.79 bits per heavy atom. The van der Waals surface area contributed by atoms with E-state index in [0.29, 0.717) is 12.4 Å². The predicted molar refractivity (Wildman–Crippen MR) is 75.7 cm³/mol. The summed E-state index contributed by atoms with van der Waals surface area (Å²) in [6.07, 6.45) is 3.57. The molecule has 0 unspecified atom stereocenters. The lowest BCUT2D eigenvalue weighted by atomic mass is 10.3. The van der Waals surface area contributed by atoms with Crippen LogP contribution in [0.5, 0.6) is 5.88 Å². The highest BCUT2D eigenvalue weighted by atomic mass is 16.5. The first-order valence-corrected chi connectivity index (χ1v) is 6.04. The molecule has 102 valence electrons. The Labute approximate surface area is 113 Å². The number of hydrogen-bond donors (Lipinski definition) is 1. The van der Waals surface area contributed by atoms with Crippen LogP contribution in [0, 0.1) is 0 Å². The van der Waals surface area contributed by atoms with Crippen molar-refractivity contribution in [3.63, 3.8) is 0 Å². The van der Waals surface area contributed by atoms with E-state index in [9.17, 15) is 0 Å². The van der Waals surface area contributed by atoms with Crippen molar-refractivity contribution in [3.05, 3.63) is 30.2 Å². The lowest BCUT2D eigenvalue weighted by Crippen LogP contribution is -2.15. The second-order valence-electron chi connectivity index (χ2n) is 4.42. The van der Waals surface area contributed by atoms with Crippen molar-refractivity contribution in [2.45, 2.75) is 6.54 Å². The van der Waals surface area contributed by atoms with Crippen LogP contribution >= 0.6 is 0 Å². The summed E-state index contributed by atoms with van der Waals surface area (Å²) < 4.78 is 7.25. The average Bonchev–Trinajstić information content (AvgIpc) is 2.78. The molecule has 0 atom stereocenters. The van der Waals surface area contributed by atoms with Crippen LogP contribution in [0.2, 0.25) is 0 Å². The van der Waals surface area contributed by atoms with E-state index in [-0.39, 0.29) is 0 Å². The predicted octanol–water partition coefficient (Wildman–Crippen LogP) is 1.50. The van der Waals surface area contributed by atoms with Crippen LogP contribution in [0.15, 0.2) is 24.5 Å². The van der Waals surface area contributed by atoms with E-state index in [1.807, 2.05) is 44.4 Å². The van der Waals surface area contributed by atoms with E-state index < -0.39 is 0 Å². The van der Waals surface area contributed by atoms with Gasteiger partial charge in [0.25, 0.3) is 0 Å². The number of aromatic nitrogens is 3. The molecule has 0 saturated heterocycles.